The molecule has 0 fully saturated rings. The third-order valence-corrected chi connectivity index (χ3v) is 3.95. The van der Waals surface area contributed by atoms with Crippen molar-refractivity contribution in [2.24, 2.45) is 14.1 Å². The van der Waals surface area contributed by atoms with Gasteiger partial charge in [0.15, 0.2) is 0 Å². The van der Waals surface area contributed by atoms with E-state index in [0.717, 1.165) is 22.2 Å². The molecule has 4 heteroatoms. The minimum Gasteiger partial charge on any atom is -0.388 e. The average molecular weight is 282 g/mol. The fraction of sp³-hybridized carbons (Fsp3) is 0.235. The fourth-order valence-electron chi connectivity index (χ4n) is 2.69. The van der Waals surface area contributed by atoms with Crippen LogP contribution in [0.4, 0.5) is 0 Å². The summed E-state index contributed by atoms with van der Waals surface area (Å²) in [5.74, 6) is 0. The highest BCUT2D eigenvalue weighted by molar-refractivity contribution is 5.77. The van der Waals surface area contributed by atoms with Crippen molar-refractivity contribution >= 4 is 11.0 Å². The quantitative estimate of drug-likeness (QED) is 0.800. The Bertz CT molecular complexity index is 831. The number of aryl methyl sites for hydroxylation is 2. The van der Waals surface area contributed by atoms with E-state index in [0.29, 0.717) is 6.42 Å². The summed E-state index contributed by atoms with van der Waals surface area (Å²) >= 11 is 0. The molecule has 0 saturated heterocycles. The Morgan fingerprint density at radius 2 is 1.67 bits per heavy atom. The molecule has 0 spiro atoms. The number of imidazole rings is 1. The number of fused-ring (bicyclic) bond motifs is 1. The first kappa shape index (κ1) is 13.6. The summed E-state index contributed by atoms with van der Waals surface area (Å²) in [6.45, 7) is 0. The van der Waals surface area contributed by atoms with E-state index in [9.17, 15) is 9.90 Å². The van der Waals surface area contributed by atoms with Crippen molar-refractivity contribution in [1.29, 1.82) is 0 Å². The molecule has 1 heterocycles. The number of hydrogen-bond acceptors (Lipinski definition) is 2. The molecule has 0 aliphatic heterocycles. The number of aliphatic hydroxyl groups excluding tert-OH is 1. The minimum absolute atomic E-state index is 0.0558. The lowest BCUT2D eigenvalue weighted by molar-refractivity contribution is 0.178. The predicted molar refractivity (Wildman–Crippen MR) is 83.3 cm³/mol. The average Bonchev–Trinajstić information content (AvgIpc) is 2.73. The summed E-state index contributed by atoms with van der Waals surface area (Å²) in [6, 6.07) is 15.6. The molecule has 1 N–H and O–H groups in total. The van der Waals surface area contributed by atoms with Crippen molar-refractivity contribution in [1.82, 2.24) is 9.13 Å². The lowest BCUT2D eigenvalue weighted by atomic mass is 10.0. The second-order valence-corrected chi connectivity index (χ2v) is 5.35. The van der Waals surface area contributed by atoms with E-state index in [2.05, 4.69) is 0 Å². The minimum atomic E-state index is -0.577. The van der Waals surface area contributed by atoms with Crippen LogP contribution < -0.4 is 5.69 Å². The van der Waals surface area contributed by atoms with Crippen molar-refractivity contribution < 1.29 is 5.11 Å². The molecule has 1 unspecified atom stereocenters. The number of rotatable bonds is 3. The van der Waals surface area contributed by atoms with E-state index in [-0.39, 0.29) is 5.69 Å². The van der Waals surface area contributed by atoms with Crippen LogP contribution in [0.3, 0.4) is 0 Å². The van der Waals surface area contributed by atoms with Gasteiger partial charge >= 0.3 is 5.69 Å². The molecule has 3 rings (SSSR count). The van der Waals surface area contributed by atoms with Gasteiger partial charge in [-0.15, -0.1) is 0 Å². The Hall–Kier alpha value is -2.33. The Kier molecular flexibility index (Phi) is 3.39. The standard InChI is InChI=1S/C17H18N2O2/c1-18-14-9-8-13(11-15(14)19(2)17(18)21)16(20)10-12-6-4-3-5-7-12/h3-9,11,16,20H,10H2,1-2H3. The van der Waals surface area contributed by atoms with Crippen molar-refractivity contribution in [3.8, 4) is 0 Å². The van der Waals surface area contributed by atoms with E-state index in [1.54, 1.807) is 23.2 Å². The summed E-state index contributed by atoms with van der Waals surface area (Å²) < 4.78 is 3.22. The van der Waals surface area contributed by atoms with Crippen molar-refractivity contribution in [3.05, 3.63) is 70.1 Å². The molecule has 0 bridgehead atoms. The van der Waals surface area contributed by atoms with Gasteiger partial charge in [0, 0.05) is 20.5 Å². The molecular formula is C17H18N2O2. The van der Waals surface area contributed by atoms with Crippen LogP contribution in [0.25, 0.3) is 11.0 Å². The summed E-state index contributed by atoms with van der Waals surface area (Å²) in [4.78, 5) is 11.9. The van der Waals surface area contributed by atoms with E-state index < -0.39 is 6.10 Å². The number of hydrogen-bond donors (Lipinski definition) is 1. The van der Waals surface area contributed by atoms with Gasteiger partial charge < -0.3 is 5.11 Å². The van der Waals surface area contributed by atoms with Crippen LogP contribution in [0.15, 0.2) is 53.3 Å². The summed E-state index contributed by atoms with van der Waals surface area (Å²) in [7, 11) is 3.50. The lowest BCUT2D eigenvalue weighted by Gasteiger charge is -2.11. The molecule has 1 atom stereocenters. The second-order valence-electron chi connectivity index (χ2n) is 5.35. The van der Waals surface area contributed by atoms with E-state index in [4.69, 9.17) is 0 Å². The van der Waals surface area contributed by atoms with Crippen LogP contribution in [-0.4, -0.2) is 14.2 Å². The summed E-state index contributed by atoms with van der Waals surface area (Å²) in [5.41, 5.74) is 3.57. The number of aliphatic hydroxyl groups is 1. The first-order chi connectivity index (χ1) is 10.1. The van der Waals surface area contributed by atoms with Gasteiger partial charge in [0.2, 0.25) is 0 Å². The normalized spacial score (nSPS) is 12.7. The molecule has 3 aromatic rings. The highest BCUT2D eigenvalue weighted by atomic mass is 16.3. The maximum atomic E-state index is 11.9. The van der Waals surface area contributed by atoms with E-state index in [1.165, 1.54) is 0 Å². The van der Waals surface area contributed by atoms with Crippen molar-refractivity contribution in [2.75, 3.05) is 0 Å². The number of aromatic nitrogens is 2. The smallest absolute Gasteiger partial charge is 0.328 e. The van der Waals surface area contributed by atoms with E-state index in [1.807, 2.05) is 48.5 Å². The molecule has 108 valence electrons. The maximum absolute atomic E-state index is 11.9. The highest BCUT2D eigenvalue weighted by Gasteiger charge is 2.13. The maximum Gasteiger partial charge on any atom is 0.328 e. The first-order valence-electron chi connectivity index (χ1n) is 6.95. The zero-order valence-electron chi connectivity index (χ0n) is 12.2. The number of benzene rings is 2. The monoisotopic (exact) mass is 282 g/mol. The Labute approximate surface area is 122 Å². The molecular weight excluding hydrogens is 264 g/mol. The Balaban J connectivity index is 1.97. The zero-order chi connectivity index (χ0) is 15.0. The molecule has 0 radical (unpaired) electrons. The van der Waals surface area contributed by atoms with Gasteiger partial charge in [-0.25, -0.2) is 4.79 Å². The molecule has 4 nitrogen and oxygen atoms in total. The Morgan fingerprint density at radius 3 is 2.38 bits per heavy atom. The molecule has 1 aromatic heterocycles. The molecule has 0 saturated carbocycles. The van der Waals surface area contributed by atoms with Gasteiger partial charge in [-0.05, 0) is 23.3 Å². The van der Waals surface area contributed by atoms with Gasteiger partial charge in [-0.1, -0.05) is 36.4 Å². The second kappa shape index (κ2) is 5.22. The van der Waals surface area contributed by atoms with Gasteiger partial charge in [-0.3, -0.25) is 9.13 Å². The Morgan fingerprint density at radius 1 is 1.00 bits per heavy atom. The fourth-order valence-corrected chi connectivity index (χ4v) is 2.69. The van der Waals surface area contributed by atoms with E-state index >= 15 is 0 Å². The van der Waals surface area contributed by atoms with Crippen molar-refractivity contribution in [3.63, 3.8) is 0 Å². The van der Waals surface area contributed by atoms with Crippen LogP contribution in [0.2, 0.25) is 0 Å². The highest BCUT2D eigenvalue weighted by Crippen LogP contribution is 2.22. The van der Waals surface area contributed by atoms with Gasteiger partial charge in [-0.2, -0.15) is 0 Å². The largest absolute Gasteiger partial charge is 0.388 e. The summed E-state index contributed by atoms with van der Waals surface area (Å²) in [5, 5.41) is 10.4. The molecule has 0 amide bonds. The molecule has 0 aliphatic carbocycles. The lowest BCUT2D eigenvalue weighted by Crippen LogP contribution is -2.19. The SMILES string of the molecule is Cn1c(=O)n(C)c2cc(C(O)Cc3ccccc3)ccc21. The van der Waals surface area contributed by atoms with Crippen LogP contribution in [0, 0.1) is 0 Å². The van der Waals surface area contributed by atoms with Crippen molar-refractivity contribution in [2.45, 2.75) is 12.5 Å². The predicted octanol–water partition coefficient (Wildman–Crippen LogP) is 2.15. The first-order valence-corrected chi connectivity index (χ1v) is 6.95. The third-order valence-electron chi connectivity index (χ3n) is 3.95. The van der Waals surface area contributed by atoms with Gasteiger partial charge in [0.05, 0.1) is 17.1 Å². The molecule has 0 aliphatic rings. The zero-order valence-corrected chi connectivity index (χ0v) is 12.2. The van der Waals surface area contributed by atoms with Gasteiger partial charge in [0.25, 0.3) is 0 Å². The van der Waals surface area contributed by atoms with Crippen LogP contribution in [-0.2, 0) is 20.5 Å². The van der Waals surface area contributed by atoms with Crippen LogP contribution in [0.1, 0.15) is 17.2 Å². The molecule has 2 aromatic carbocycles. The number of nitrogens with zero attached hydrogens (tertiary/aromatic N) is 2. The van der Waals surface area contributed by atoms with Crippen LogP contribution >= 0.6 is 0 Å². The van der Waals surface area contributed by atoms with Crippen LogP contribution in [0.5, 0.6) is 0 Å². The third kappa shape index (κ3) is 2.38. The topological polar surface area (TPSA) is 47.2 Å². The summed E-state index contributed by atoms with van der Waals surface area (Å²) in [6.07, 6.45) is -0.0141. The molecule has 21 heavy (non-hydrogen) atoms. The van der Waals surface area contributed by atoms with Gasteiger partial charge in [0.1, 0.15) is 0 Å².